The summed E-state index contributed by atoms with van der Waals surface area (Å²) >= 11 is 0. The Kier molecular flexibility index (Phi) is 4.26. The maximum Gasteiger partial charge on any atom is 0.454 e. The summed E-state index contributed by atoms with van der Waals surface area (Å²) in [6, 6.07) is 0.778. The van der Waals surface area contributed by atoms with Crippen LogP contribution in [-0.2, 0) is 4.79 Å². The van der Waals surface area contributed by atoms with E-state index in [2.05, 4.69) is 0 Å². The molecule has 0 N–H and O–H groups in total. The average Bonchev–Trinajstić information content (AvgIpc) is 2.36. The van der Waals surface area contributed by atoms with E-state index in [1.807, 2.05) is 0 Å². The summed E-state index contributed by atoms with van der Waals surface area (Å²) in [5.41, 5.74) is -3.73. The fourth-order valence-corrected chi connectivity index (χ4v) is 1.22. The second-order valence-electron chi connectivity index (χ2n) is 3.49. The van der Waals surface area contributed by atoms with Crippen molar-refractivity contribution in [1.82, 2.24) is 0 Å². The lowest BCUT2D eigenvalue weighted by Crippen LogP contribution is -2.22. The van der Waals surface area contributed by atoms with Crippen LogP contribution in [0.3, 0.4) is 0 Å². The van der Waals surface area contributed by atoms with Gasteiger partial charge in [0.2, 0.25) is 0 Å². The Balaban J connectivity index is 3.57. The quantitative estimate of drug-likeness (QED) is 0.363. The minimum absolute atomic E-state index is 0.758. The van der Waals surface area contributed by atoms with E-state index in [1.165, 1.54) is 0 Å². The van der Waals surface area contributed by atoms with E-state index in [-0.39, 0.29) is 0 Å². The molecule has 0 saturated carbocycles. The number of hydrogen-bond acceptors (Lipinski definition) is 3. The number of nitrogens with zero attached hydrogens (tertiary/aromatic N) is 1. The van der Waals surface area contributed by atoms with Crippen molar-refractivity contribution in [2.75, 3.05) is 0 Å². The largest absolute Gasteiger partial charge is 0.872 e. The van der Waals surface area contributed by atoms with Gasteiger partial charge in [-0.2, -0.15) is 18.4 Å². The molecule has 0 saturated heterocycles. The highest BCUT2D eigenvalue weighted by atomic mass is 19.4. The molecule has 0 amide bonds. The molecule has 0 radical (unpaired) electrons. The number of nitriles is 1. The number of hydrogen-bond donors (Lipinski definition) is 0. The Bertz CT molecular complexity index is 656. The van der Waals surface area contributed by atoms with Crippen molar-refractivity contribution in [3.63, 3.8) is 0 Å². The zero-order valence-corrected chi connectivity index (χ0v) is 9.49. The Morgan fingerprint density at radius 2 is 1.48 bits per heavy atom. The van der Waals surface area contributed by atoms with Crippen molar-refractivity contribution in [3.8, 4) is 6.07 Å². The van der Waals surface area contributed by atoms with E-state index >= 15 is 0 Å². The predicted molar refractivity (Wildman–Crippen MR) is 50.0 cm³/mol. The molecule has 0 aromatic heterocycles. The Labute approximate surface area is 111 Å². The molecule has 0 aliphatic rings. The van der Waals surface area contributed by atoms with Crippen molar-refractivity contribution >= 4 is 11.5 Å². The normalized spacial score (nSPS) is 12.2. The zero-order chi connectivity index (χ0) is 16.5. The minimum Gasteiger partial charge on any atom is -0.872 e. The highest BCUT2D eigenvalue weighted by molar-refractivity contribution is 5.99. The SMILES string of the molecule is N#Cc1c(F)c(F)c(/C([O-])=C/C(=O)C(F)(F)F)c(F)c1F. The van der Waals surface area contributed by atoms with Crippen LogP contribution in [0.1, 0.15) is 11.1 Å². The van der Waals surface area contributed by atoms with Crippen LogP contribution in [0.15, 0.2) is 6.08 Å². The van der Waals surface area contributed by atoms with Gasteiger partial charge in [0.1, 0.15) is 11.6 Å². The van der Waals surface area contributed by atoms with Gasteiger partial charge in [0.05, 0.1) is 0 Å². The van der Waals surface area contributed by atoms with E-state index in [4.69, 9.17) is 5.26 Å². The fourth-order valence-electron chi connectivity index (χ4n) is 1.22. The second kappa shape index (κ2) is 5.43. The number of alkyl halides is 3. The first kappa shape index (κ1) is 16.5. The van der Waals surface area contributed by atoms with Gasteiger partial charge in [-0.05, 0) is 6.08 Å². The van der Waals surface area contributed by atoms with Gasteiger partial charge in [0, 0.05) is 5.56 Å². The van der Waals surface area contributed by atoms with Crippen LogP contribution in [-0.4, -0.2) is 12.0 Å². The zero-order valence-electron chi connectivity index (χ0n) is 9.49. The molecule has 3 nitrogen and oxygen atoms in total. The van der Waals surface area contributed by atoms with Gasteiger partial charge in [-0.15, -0.1) is 0 Å². The molecule has 0 heterocycles. The molecule has 1 rings (SSSR count). The summed E-state index contributed by atoms with van der Waals surface area (Å²) in [6.07, 6.45) is -6.27. The fraction of sp³-hybridized carbons (Fsp3) is 0.0909. The smallest absolute Gasteiger partial charge is 0.454 e. The maximum atomic E-state index is 13.3. The Morgan fingerprint density at radius 1 is 1.05 bits per heavy atom. The molecule has 0 aliphatic carbocycles. The summed E-state index contributed by atoms with van der Waals surface area (Å²) in [5, 5.41) is 19.4. The third-order valence-electron chi connectivity index (χ3n) is 2.16. The number of benzene rings is 1. The molecule has 0 unspecified atom stereocenters. The molecular weight excluding hydrogens is 311 g/mol. The van der Waals surface area contributed by atoms with E-state index in [1.54, 1.807) is 0 Å². The van der Waals surface area contributed by atoms with Crippen LogP contribution in [0.5, 0.6) is 0 Å². The Hall–Kier alpha value is -2.57. The molecule has 0 fully saturated rings. The molecule has 0 spiro atoms. The van der Waals surface area contributed by atoms with Gasteiger partial charge in [-0.25, -0.2) is 17.6 Å². The van der Waals surface area contributed by atoms with Gasteiger partial charge in [0.15, 0.2) is 23.3 Å². The molecule has 112 valence electrons. The first-order valence-corrected chi connectivity index (χ1v) is 4.78. The van der Waals surface area contributed by atoms with Crippen LogP contribution in [0.4, 0.5) is 30.7 Å². The number of allylic oxidation sites excluding steroid dienone is 1. The highest BCUT2D eigenvalue weighted by Crippen LogP contribution is 2.27. The molecule has 0 bridgehead atoms. The molecule has 10 heteroatoms. The van der Waals surface area contributed by atoms with Gasteiger partial charge < -0.3 is 5.11 Å². The molecule has 21 heavy (non-hydrogen) atoms. The first-order valence-electron chi connectivity index (χ1n) is 4.78. The summed E-state index contributed by atoms with van der Waals surface area (Å²) in [5.74, 6) is -14.3. The van der Waals surface area contributed by atoms with Crippen LogP contribution in [0.2, 0.25) is 0 Å². The standard InChI is InChI=1S/C11H2F7NO2/c12-7-3(2-19)8(13)10(15)6(9(7)14)4(20)1-5(21)11(16,17)18/h1,20H/p-1/b4-1-. The summed E-state index contributed by atoms with van der Waals surface area (Å²) in [7, 11) is 0. The van der Waals surface area contributed by atoms with E-state index in [0.29, 0.717) is 0 Å². The van der Waals surface area contributed by atoms with Crippen LogP contribution in [0.25, 0.3) is 5.76 Å². The van der Waals surface area contributed by atoms with Crippen LogP contribution >= 0.6 is 0 Å². The number of carbonyl (C=O) groups excluding carboxylic acids is 1. The lowest BCUT2D eigenvalue weighted by Gasteiger charge is -2.16. The highest BCUT2D eigenvalue weighted by Gasteiger charge is 2.36. The van der Waals surface area contributed by atoms with E-state index < -0.39 is 58.2 Å². The topological polar surface area (TPSA) is 63.9 Å². The van der Waals surface area contributed by atoms with E-state index in [9.17, 15) is 40.6 Å². The predicted octanol–water partition coefficient (Wildman–Crippen LogP) is 1.95. The summed E-state index contributed by atoms with van der Waals surface area (Å²) in [4.78, 5) is 10.5. The first-order chi connectivity index (χ1) is 9.52. The Morgan fingerprint density at radius 3 is 1.81 bits per heavy atom. The molecule has 1 aromatic rings. The maximum absolute atomic E-state index is 13.3. The third-order valence-corrected chi connectivity index (χ3v) is 2.16. The summed E-state index contributed by atoms with van der Waals surface area (Å²) in [6.45, 7) is 0. The van der Waals surface area contributed by atoms with Crippen LogP contribution in [0, 0.1) is 34.6 Å². The number of carbonyl (C=O) groups is 1. The molecule has 1 aromatic carbocycles. The van der Waals surface area contributed by atoms with Crippen molar-refractivity contribution in [2.24, 2.45) is 0 Å². The molecule has 0 atom stereocenters. The lowest BCUT2D eigenvalue weighted by molar-refractivity contribution is -0.245. The molecule has 0 aliphatic heterocycles. The van der Waals surface area contributed by atoms with Crippen molar-refractivity contribution in [1.29, 1.82) is 5.26 Å². The average molecular weight is 312 g/mol. The van der Waals surface area contributed by atoms with E-state index in [0.717, 1.165) is 6.07 Å². The van der Waals surface area contributed by atoms with Gasteiger partial charge >= 0.3 is 6.18 Å². The van der Waals surface area contributed by atoms with Gasteiger partial charge in [-0.3, -0.25) is 4.79 Å². The van der Waals surface area contributed by atoms with Crippen molar-refractivity contribution < 1.29 is 40.6 Å². The van der Waals surface area contributed by atoms with Gasteiger partial charge in [-0.1, -0.05) is 5.76 Å². The van der Waals surface area contributed by atoms with Crippen molar-refractivity contribution in [2.45, 2.75) is 6.18 Å². The minimum atomic E-state index is -5.51. The number of rotatable bonds is 2. The number of ketones is 1. The monoisotopic (exact) mass is 312 g/mol. The summed E-state index contributed by atoms with van der Waals surface area (Å²) < 4.78 is 88.6. The third kappa shape index (κ3) is 2.96. The number of halogens is 7. The lowest BCUT2D eigenvalue weighted by atomic mass is 10.1. The van der Waals surface area contributed by atoms with Gasteiger partial charge in [0.25, 0.3) is 5.78 Å². The van der Waals surface area contributed by atoms with Crippen LogP contribution < -0.4 is 5.11 Å². The van der Waals surface area contributed by atoms with Crippen molar-refractivity contribution in [3.05, 3.63) is 40.5 Å². The second-order valence-corrected chi connectivity index (χ2v) is 3.49. The molecular formula is C11HF7NO2-.